The number of rotatable bonds is 5. The van der Waals surface area contributed by atoms with Gasteiger partial charge in [-0.3, -0.25) is 4.79 Å². The number of alkyl halides is 3. The monoisotopic (exact) mass is 470 g/mol. The normalized spacial score (nSPS) is 11.3. The van der Waals surface area contributed by atoms with Crippen molar-refractivity contribution in [1.82, 2.24) is 14.6 Å². The highest BCUT2D eigenvalue weighted by Gasteiger charge is 2.36. The largest absolute Gasteiger partial charge is 0.497 e. The Bertz CT molecular complexity index is 1380. The minimum Gasteiger partial charge on any atom is -0.497 e. The van der Waals surface area contributed by atoms with Gasteiger partial charge >= 0.3 is 12.1 Å². The number of halogens is 3. The van der Waals surface area contributed by atoms with Crippen LogP contribution >= 0.6 is 0 Å². The third-order valence-corrected chi connectivity index (χ3v) is 4.97. The average Bonchev–Trinajstić information content (AvgIpc) is 3.27. The number of methoxy groups -OCH3 is 2. The van der Waals surface area contributed by atoms with E-state index >= 15 is 0 Å². The summed E-state index contributed by atoms with van der Waals surface area (Å²) in [6.07, 6.45) is -3.77. The Morgan fingerprint density at radius 1 is 1.00 bits per heavy atom. The molecule has 2 aromatic carbocycles. The van der Waals surface area contributed by atoms with Crippen molar-refractivity contribution in [3.63, 3.8) is 0 Å². The molecule has 34 heavy (non-hydrogen) atoms. The van der Waals surface area contributed by atoms with E-state index in [1.54, 1.807) is 36.4 Å². The van der Waals surface area contributed by atoms with Crippen LogP contribution in [-0.4, -0.2) is 40.7 Å². The molecule has 0 saturated heterocycles. The number of carbonyl (C=O) groups is 2. The van der Waals surface area contributed by atoms with Crippen LogP contribution in [0.1, 0.15) is 26.4 Å². The van der Waals surface area contributed by atoms with Gasteiger partial charge in [0.2, 0.25) is 0 Å². The Balaban J connectivity index is 1.81. The number of anilines is 1. The van der Waals surface area contributed by atoms with E-state index in [4.69, 9.17) is 9.47 Å². The summed E-state index contributed by atoms with van der Waals surface area (Å²) in [5.74, 6) is -0.955. The second-order valence-corrected chi connectivity index (χ2v) is 7.04. The van der Waals surface area contributed by atoms with E-state index in [-0.39, 0.29) is 28.2 Å². The van der Waals surface area contributed by atoms with Gasteiger partial charge in [0.15, 0.2) is 11.3 Å². The molecule has 2 aromatic heterocycles. The molecule has 1 amide bonds. The van der Waals surface area contributed by atoms with Crippen molar-refractivity contribution in [3.05, 3.63) is 77.6 Å². The molecular formula is C23H17F3N4O4. The highest BCUT2D eigenvalue weighted by Crippen LogP contribution is 2.33. The highest BCUT2D eigenvalue weighted by atomic mass is 19.4. The summed E-state index contributed by atoms with van der Waals surface area (Å²) in [4.78, 5) is 29.2. The third-order valence-electron chi connectivity index (χ3n) is 4.97. The van der Waals surface area contributed by atoms with Crippen molar-refractivity contribution in [2.45, 2.75) is 6.18 Å². The molecule has 0 fully saturated rings. The van der Waals surface area contributed by atoms with Gasteiger partial charge in [-0.05, 0) is 42.5 Å². The van der Waals surface area contributed by atoms with Gasteiger partial charge in [0.1, 0.15) is 11.3 Å². The van der Waals surface area contributed by atoms with Gasteiger partial charge in [-0.1, -0.05) is 12.1 Å². The van der Waals surface area contributed by atoms with Gasteiger partial charge < -0.3 is 14.8 Å². The molecular weight excluding hydrogens is 453 g/mol. The van der Waals surface area contributed by atoms with Crippen molar-refractivity contribution < 1.29 is 32.2 Å². The summed E-state index contributed by atoms with van der Waals surface area (Å²) < 4.78 is 51.8. The topological polar surface area (TPSA) is 94.8 Å². The lowest BCUT2D eigenvalue weighted by Gasteiger charge is -2.12. The van der Waals surface area contributed by atoms with Crippen LogP contribution in [0.4, 0.5) is 18.9 Å². The fourth-order valence-corrected chi connectivity index (χ4v) is 3.30. The van der Waals surface area contributed by atoms with Crippen LogP contribution in [0.25, 0.3) is 16.9 Å². The first kappa shape index (κ1) is 22.8. The maximum Gasteiger partial charge on any atom is 0.433 e. The maximum atomic E-state index is 13.8. The Labute approximate surface area is 190 Å². The molecule has 11 heteroatoms. The van der Waals surface area contributed by atoms with Gasteiger partial charge in [-0.15, -0.1) is 0 Å². The van der Waals surface area contributed by atoms with Gasteiger partial charge in [0.25, 0.3) is 5.91 Å². The molecule has 1 N–H and O–H groups in total. The Hall–Kier alpha value is -4.41. The number of hydrogen-bond acceptors (Lipinski definition) is 6. The number of benzene rings is 2. The number of esters is 1. The molecule has 0 saturated carbocycles. The number of amides is 1. The molecule has 0 aliphatic heterocycles. The van der Waals surface area contributed by atoms with E-state index < -0.39 is 23.7 Å². The van der Waals surface area contributed by atoms with Crippen LogP contribution in [0, 0.1) is 0 Å². The highest BCUT2D eigenvalue weighted by molar-refractivity contribution is 6.10. The van der Waals surface area contributed by atoms with Crippen molar-refractivity contribution in [2.24, 2.45) is 0 Å². The van der Waals surface area contributed by atoms with E-state index in [0.717, 1.165) is 12.3 Å². The average molecular weight is 470 g/mol. The predicted molar refractivity (Wildman–Crippen MR) is 116 cm³/mol. The van der Waals surface area contributed by atoms with Gasteiger partial charge in [-0.25, -0.2) is 14.3 Å². The first-order chi connectivity index (χ1) is 16.2. The number of aromatic nitrogens is 3. The molecule has 0 aliphatic rings. The van der Waals surface area contributed by atoms with Gasteiger partial charge in [0.05, 0.1) is 37.4 Å². The maximum absolute atomic E-state index is 13.8. The van der Waals surface area contributed by atoms with Gasteiger partial charge in [-0.2, -0.15) is 18.3 Å². The molecule has 4 rings (SSSR count). The smallest absolute Gasteiger partial charge is 0.433 e. The molecule has 4 aromatic rings. The zero-order chi connectivity index (χ0) is 24.5. The van der Waals surface area contributed by atoms with E-state index in [1.807, 2.05) is 0 Å². The van der Waals surface area contributed by atoms with Crippen molar-refractivity contribution >= 4 is 23.2 Å². The minimum absolute atomic E-state index is 0.00742. The number of ether oxygens (including phenoxy) is 2. The number of fused-ring (bicyclic) bond motifs is 1. The van der Waals surface area contributed by atoms with Crippen molar-refractivity contribution in [2.75, 3.05) is 19.5 Å². The first-order valence-corrected chi connectivity index (χ1v) is 9.82. The SMILES string of the molecule is COC(=O)c1ccccc1NC(=O)c1cnn2c(C(F)(F)F)cc(-c3ccc(OC)cc3)nc12. The number of hydrogen-bond donors (Lipinski definition) is 1. The number of carbonyl (C=O) groups excluding carboxylic acids is 2. The van der Waals surface area contributed by atoms with E-state index in [2.05, 4.69) is 15.4 Å². The molecule has 2 heterocycles. The summed E-state index contributed by atoms with van der Waals surface area (Å²) in [6, 6.07) is 13.2. The first-order valence-electron chi connectivity index (χ1n) is 9.82. The molecule has 8 nitrogen and oxygen atoms in total. The molecule has 0 bridgehead atoms. The third kappa shape index (κ3) is 4.27. The fraction of sp³-hybridized carbons (Fsp3) is 0.130. The van der Waals surface area contributed by atoms with Crippen LogP contribution in [0.2, 0.25) is 0 Å². The Morgan fingerprint density at radius 3 is 2.35 bits per heavy atom. The van der Waals surface area contributed by atoms with Crippen LogP contribution < -0.4 is 10.1 Å². The number of para-hydroxylation sites is 1. The van der Waals surface area contributed by atoms with E-state index in [1.165, 1.54) is 26.4 Å². The summed E-state index contributed by atoms with van der Waals surface area (Å²) >= 11 is 0. The zero-order valence-electron chi connectivity index (χ0n) is 17.9. The summed E-state index contributed by atoms with van der Waals surface area (Å²) in [5.41, 5.74) is -1.02. The lowest BCUT2D eigenvalue weighted by molar-refractivity contribution is -0.142. The summed E-state index contributed by atoms with van der Waals surface area (Å²) in [7, 11) is 2.66. The summed E-state index contributed by atoms with van der Waals surface area (Å²) in [6.45, 7) is 0. The molecule has 0 aliphatic carbocycles. The van der Waals surface area contributed by atoms with Crippen LogP contribution in [0.5, 0.6) is 5.75 Å². The second-order valence-electron chi connectivity index (χ2n) is 7.04. The number of nitrogens with one attached hydrogen (secondary N) is 1. The lowest BCUT2D eigenvalue weighted by atomic mass is 10.1. The van der Waals surface area contributed by atoms with E-state index in [0.29, 0.717) is 15.8 Å². The molecule has 0 unspecified atom stereocenters. The molecule has 0 radical (unpaired) electrons. The Morgan fingerprint density at radius 2 is 1.71 bits per heavy atom. The molecule has 0 atom stereocenters. The molecule has 0 spiro atoms. The fourth-order valence-electron chi connectivity index (χ4n) is 3.30. The van der Waals surface area contributed by atoms with E-state index in [9.17, 15) is 22.8 Å². The zero-order valence-corrected chi connectivity index (χ0v) is 17.9. The quantitative estimate of drug-likeness (QED) is 0.433. The second kappa shape index (κ2) is 8.85. The van der Waals surface area contributed by atoms with Crippen LogP contribution in [-0.2, 0) is 10.9 Å². The Kier molecular flexibility index (Phi) is 5.93. The van der Waals surface area contributed by atoms with Crippen molar-refractivity contribution in [1.29, 1.82) is 0 Å². The van der Waals surface area contributed by atoms with Gasteiger partial charge in [0, 0.05) is 5.56 Å². The predicted octanol–water partition coefficient (Wildman–Crippen LogP) is 4.46. The standard InChI is InChI=1S/C23H17F3N4O4/c1-33-14-9-7-13(8-10-14)18-11-19(23(24,25)26)30-20(28-18)16(12-27-30)21(31)29-17-6-4-3-5-15(17)22(32)34-2/h3-12H,1-2H3,(H,29,31). The summed E-state index contributed by atoms with van der Waals surface area (Å²) in [5, 5.41) is 6.27. The number of nitrogens with zero attached hydrogens (tertiary/aromatic N) is 3. The minimum atomic E-state index is -4.76. The van der Waals surface area contributed by atoms with Crippen LogP contribution in [0.15, 0.2) is 60.8 Å². The van der Waals surface area contributed by atoms with Crippen molar-refractivity contribution in [3.8, 4) is 17.0 Å². The lowest BCUT2D eigenvalue weighted by Crippen LogP contribution is -2.17. The van der Waals surface area contributed by atoms with Crippen LogP contribution in [0.3, 0.4) is 0 Å². The molecule has 174 valence electrons.